The average Bonchev–Trinajstić information content (AvgIpc) is 3.23. The lowest BCUT2D eigenvalue weighted by Gasteiger charge is -2.31. The van der Waals surface area contributed by atoms with E-state index in [4.69, 9.17) is 9.47 Å². The van der Waals surface area contributed by atoms with E-state index in [2.05, 4.69) is 10.0 Å². The molecule has 0 radical (unpaired) electrons. The van der Waals surface area contributed by atoms with Crippen LogP contribution in [0.4, 0.5) is 0 Å². The number of hydrogen-bond acceptors (Lipinski definition) is 7. The van der Waals surface area contributed by atoms with Crippen molar-refractivity contribution in [2.24, 2.45) is 5.92 Å². The first-order valence-corrected chi connectivity index (χ1v) is 12.6. The maximum absolute atomic E-state index is 13.2. The molecule has 0 unspecified atom stereocenters. The minimum Gasteiger partial charge on any atom is -0.497 e. The number of rotatable bonds is 7. The van der Waals surface area contributed by atoms with Crippen LogP contribution in [-0.2, 0) is 19.6 Å². The molecule has 1 aromatic heterocycles. The van der Waals surface area contributed by atoms with Crippen molar-refractivity contribution in [2.75, 3.05) is 20.2 Å². The number of esters is 1. The Bertz CT molecular complexity index is 988. The Morgan fingerprint density at radius 3 is 2.35 bits per heavy atom. The Morgan fingerprint density at radius 2 is 1.77 bits per heavy atom. The summed E-state index contributed by atoms with van der Waals surface area (Å²) < 4.78 is 39.8. The molecule has 3 rings (SSSR count). The van der Waals surface area contributed by atoms with Gasteiger partial charge in [0.2, 0.25) is 0 Å². The number of benzene rings is 1. The Kier molecular flexibility index (Phi) is 7.41. The number of carbonyl (C=O) groups is 1. The van der Waals surface area contributed by atoms with Gasteiger partial charge in [-0.25, -0.2) is 8.42 Å². The van der Waals surface area contributed by atoms with Gasteiger partial charge in [0.1, 0.15) is 21.6 Å². The van der Waals surface area contributed by atoms with Crippen LogP contribution in [-0.4, -0.2) is 46.2 Å². The standard InChI is InChI=1S/C22H30N2O5S2/c1-22(2,3)29-21(25)20(16-11-13-23-14-12-16)24-31(26,27)19-10-9-18(30-19)15-5-7-17(28-4)8-6-15/h5-10,16,20,23-24H,11-14H2,1-4H3/t20-/m1/s1. The van der Waals surface area contributed by atoms with Crippen molar-refractivity contribution in [3.05, 3.63) is 36.4 Å². The van der Waals surface area contributed by atoms with Crippen molar-refractivity contribution in [3.8, 4) is 16.2 Å². The lowest BCUT2D eigenvalue weighted by Crippen LogP contribution is -2.50. The fourth-order valence-electron chi connectivity index (χ4n) is 3.48. The lowest BCUT2D eigenvalue weighted by atomic mass is 9.91. The summed E-state index contributed by atoms with van der Waals surface area (Å²) >= 11 is 1.16. The van der Waals surface area contributed by atoms with Gasteiger partial charge in [-0.2, -0.15) is 4.72 Å². The first-order valence-electron chi connectivity index (χ1n) is 10.3. The van der Waals surface area contributed by atoms with E-state index < -0.39 is 27.6 Å². The molecule has 0 bridgehead atoms. The van der Waals surface area contributed by atoms with E-state index in [9.17, 15) is 13.2 Å². The van der Waals surface area contributed by atoms with Crippen LogP contribution in [0.3, 0.4) is 0 Å². The Labute approximate surface area is 188 Å². The summed E-state index contributed by atoms with van der Waals surface area (Å²) in [5.41, 5.74) is 0.201. The molecule has 2 N–H and O–H groups in total. The third-order valence-electron chi connectivity index (χ3n) is 5.02. The van der Waals surface area contributed by atoms with Crippen LogP contribution in [0.5, 0.6) is 5.75 Å². The van der Waals surface area contributed by atoms with Crippen LogP contribution in [0.1, 0.15) is 33.6 Å². The number of piperidine rings is 1. The van der Waals surface area contributed by atoms with Gasteiger partial charge in [0.25, 0.3) is 10.0 Å². The van der Waals surface area contributed by atoms with Crippen LogP contribution in [0.15, 0.2) is 40.6 Å². The quantitative estimate of drug-likeness (QED) is 0.608. The summed E-state index contributed by atoms with van der Waals surface area (Å²) in [5, 5.41) is 3.24. The van der Waals surface area contributed by atoms with E-state index in [0.29, 0.717) is 12.8 Å². The summed E-state index contributed by atoms with van der Waals surface area (Å²) in [5.74, 6) is 0.0822. The summed E-state index contributed by atoms with van der Waals surface area (Å²) in [4.78, 5) is 13.7. The van der Waals surface area contributed by atoms with Crippen molar-refractivity contribution < 1.29 is 22.7 Å². The lowest BCUT2D eigenvalue weighted by molar-refractivity contribution is -0.158. The highest BCUT2D eigenvalue weighted by Crippen LogP contribution is 2.32. The molecule has 0 amide bonds. The molecule has 1 atom stereocenters. The zero-order valence-electron chi connectivity index (χ0n) is 18.3. The molecule has 0 spiro atoms. The van der Waals surface area contributed by atoms with Gasteiger partial charge in [-0.05, 0) is 94.6 Å². The average molecular weight is 467 g/mol. The van der Waals surface area contributed by atoms with Gasteiger partial charge in [0.05, 0.1) is 7.11 Å². The third kappa shape index (κ3) is 6.29. The SMILES string of the molecule is COc1ccc(-c2ccc(S(=O)(=O)N[C@@H](C(=O)OC(C)(C)C)C3CCNCC3)s2)cc1. The molecule has 170 valence electrons. The van der Waals surface area contributed by atoms with Gasteiger partial charge in [-0.1, -0.05) is 0 Å². The number of nitrogens with one attached hydrogen (secondary N) is 2. The van der Waals surface area contributed by atoms with Crippen molar-refractivity contribution in [1.29, 1.82) is 0 Å². The first-order chi connectivity index (χ1) is 14.6. The minimum atomic E-state index is -3.89. The van der Waals surface area contributed by atoms with Gasteiger partial charge in [-0.3, -0.25) is 4.79 Å². The molecule has 1 saturated heterocycles. The highest BCUT2D eigenvalue weighted by molar-refractivity contribution is 7.91. The second kappa shape index (κ2) is 9.68. The maximum atomic E-state index is 13.2. The molecule has 0 saturated carbocycles. The molecule has 0 aliphatic carbocycles. The van der Waals surface area contributed by atoms with Gasteiger partial charge in [0.15, 0.2) is 0 Å². The summed E-state index contributed by atoms with van der Waals surface area (Å²) in [6.07, 6.45) is 1.40. The number of thiophene rings is 1. The fraction of sp³-hybridized carbons (Fsp3) is 0.500. The normalized spacial score (nSPS) is 16.6. The summed E-state index contributed by atoms with van der Waals surface area (Å²) in [6.45, 7) is 6.82. The molecule has 1 aromatic carbocycles. The predicted octanol–water partition coefficient (Wildman–Crippen LogP) is 3.41. The van der Waals surface area contributed by atoms with Gasteiger partial charge in [0, 0.05) is 4.88 Å². The second-order valence-electron chi connectivity index (χ2n) is 8.57. The molecular weight excluding hydrogens is 436 g/mol. The maximum Gasteiger partial charge on any atom is 0.324 e. The van der Waals surface area contributed by atoms with Crippen LogP contribution in [0, 0.1) is 5.92 Å². The summed E-state index contributed by atoms with van der Waals surface area (Å²) in [6, 6.07) is 9.85. The fourth-order valence-corrected chi connectivity index (χ4v) is 6.06. The van der Waals surface area contributed by atoms with Crippen molar-refractivity contribution >= 4 is 27.3 Å². The number of ether oxygens (including phenoxy) is 2. The molecule has 2 aromatic rings. The number of methoxy groups -OCH3 is 1. The molecule has 31 heavy (non-hydrogen) atoms. The van der Waals surface area contributed by atoms with E-state index in [1.807, 2.05) is 24.3 Å². The number of carbonyl (C=O) groups excluding carboxylic acids is 1. The smallest absolute Gasteiger partial charge is 0.324 e. The monoisotopic (exact) mass is 466 g/mol. The highest BCUT2D eigenvalue weighted by Gasteiger charge is 2.36. The molecule has 1 aliphatic heterocycles. The van der Waals surface area contributed by atoms with E-state index in [1.54, 1.807) is 40.0 Å². The topological polar surface area (TPSA) is 93.7 Å². The van der Waals surface area contributed by atoms with E-state index >= 15 is 0 Å². The van der Waals surface area contributed by atoms with Crippen LogP contribution in [0.2, 0.25) is 0 Å². The number of hydrogen-bond donors (Lipinski definition) is 2. The molecule has 2 heterocycles. The van der Waals surface area contributed by atoms with Crippen LogP contribution >= 0.6 is 11.3 Å². The van der Waals surface area contributed by atoms with Crippen LogP contribution < -0.4 is 14.8 Å². The Morgan fingerprint density at radius 1 is 1.13 bits per heavy atom. The minimum absolute atomic E-state index is 0.119. The Balaban J connectivity index is 1.82. The van der Waals surface area contributed by atoms with E-state index in [0.717, 1.165) is 40.6 Å². The first kappa shape index (κ1) is 23.7. The number of sulfonamides is 1. The molecular formula is C22H30N2O5S2. The zero-order chi connectivity index (χ0) is 22.6. The Hall–Kier alpha value is -1.94. The van der Waals surface area contributed by atoms with E-state index in [1.165, 1.54) is 0 Å². The van der Waals surface area contributed by atoms with Crippen LogP contribution in [0.25, 0.3) is 10.4 Å². The van der Waals surface area contributed by atoms with Gasteiger partial charge in [-0.15, -0.1) is 11.3 Å². The molecule has 1 aliphatic rings. The second-order valence-corrected chi connectivity index (χ2v) is 11.6. The van der Waals surface area contributed by atoms with E-state index in [-0.39, 0.29) is 10.1 Å². The van der Waals surface area contributed by atoms with Gasteiger partial charge >= 0.3 is 5.97 Å². The van der Waals surface area contributed by atoms with Crippen molar-refractivity contribution in [2.45, 2.75) is 49.5 Å². The molecule has 1 fully saturated rings. The highest BCUT2D eigenvalue weighted by atomic mass is 32.2. The third-order valence-corrected chi connectivity index (χ3v) is 8.09. The van der Waals surface area contributed by atoms with Gasteiger partial charge < -0.3 is 14.8 Å². The van der Waals surface area contributed by atoms with Crippen molar-refractivity contribution in [1.82, 2.24) is 10.0 Å². The zero-order valence-corrected chi connectivity index (χ0v) is 19.9. The molecule has 9 heteroatoms. The largest absolute Gasteiger partial charge is 0.497 e. The molecule has 7 nitrogen and oxygen atoms in total. The predicted molar refractivity (Wildman–Crippen MR) is 122 cm³/mol. The van der Waals surface area contributed by atoms with Crippen molar-refractivity contribution in [3.63, 3.8) is 0 Å². The summed E-state index contributed by atoms with van der Waals surface area (Å²) in [7, 11) is -2.29.